The van der Waals surface area contributed by atoms with Crippen LogP contribution in [0, 0.1) is 24.4 Å². The van der Waals surface area contributed by atoms with Crippen LogP contribution in [0.15, 0.2) is 0 Å². The Morgan fingerprint density at radius 1 is 1.16 bits per heavy atom. The van der Waals surface area contributed by atoms with Gasteiger partial charge in [-0.3, -0.25) is 9.59 Å². The van der Waals surface area contributed by atoms with E-state index in [9.17, 15) is 22.8 Å². The molecule has 7 heteroatoms. The van der Waals surface area contributed by atoms with E-state index in [1.165, 1.54) is 6.92 Å². The summed E-state index contributed by atoms with van der Waals surface area (Å²) in [4.78, 5) is 22.8. The first-order chi connectivity index (χ1) is 8.81. The number of Topliss-reactive ketones (excluding diaryl/α,β-unsaturated/α-hetero) is 1. The van der Waals surface area contributed by atoms with Gasteiger partial charge in [0.25, 0.3) is 0 Å². The summed E-state index contributed by atoms with van der Waals surface area (Å²) in [5.74, 6) is -6.23. The van der Waals surface area contributed by atoms with Gasteiger partial charge in [-0.25, -0.2) is 13.2 Å². The van der Waals surface area contributed by atoms with E-state index < -0.39 is 51.8 Å². The van der Waals surface area contributed by atoms with Crippen LogP contribution in [0.25, 0.3) is 0 Å². The van der Waals surface area contributed by atoms with Crippen molar-refractivity contribution in [2.75, 3.05) is 6.61 Å². The first kappa shape index (κ1) is 15.5. The minimum absolute atomic E-state index is 0.0408. The SMILES string of the molecule is CCOC(=O)CC(=O)c1c(F)c(C)c(F)c(F)c1Cl. The number of rotatable bonds is 4. The lowest BCUT2D eigenvalue weighted by atomic mass is 10.0. The molecule has 104 valence electrons. The third kappa shape index (κ3) is 3.07. The molecule has 0 heterocycles. The van der Waals surface area contributed by atoms with Gasteiger partial charge in [-0.15, -0.1) is 0 Å². The second-order valence-electron chi connectivity index (χ2n) is 3.66. The van der Waals surface area contributed by atoms with Gasteiger partial charge in [-0.1, -0.05) is 11.6 Å². The Morgan fingerprint density at radius 2 is 1.74 bits per heavy atom. The normalized spacial score (nSPS) is 10.4. The Kier molecular flexibility index (Phi) is 4.94. The lowest BCUT2D eigenvalue weighted by Crippen LogP contribution is -2.15. The lowest BCUT2D eigenvalue weighted by molar-refractivity contribution is -0.141. The van der Waals surface area contributed by atoms with Crippen LogP contribution in [0.1, 0.15) is 29.3 Å². The fourth-order valence-corrected chi connectivity index (χ4v) is 1.70. The van der Waals surface area contributed by atoms with Crippen LogP contribution in [0.4, 0.5) is 13.2 Å². The number of carbonyl (C=O) groups excluding carboxylic acids is 2. The molecule has 19 heavy (non-hydrogen) atoms. The molecule has 1 aromatic carbocycles. The van der Waals surface area contributed by atoms with Crippen LogP contribution in [-0.2, 0) is 9.53 Å². The highest BCUT2D eigenvalue weighted by Crippen LogP contribution is 2.29. The zero-order valence-corrected chi connectivity index (χ0v) is 10.9. The average Bonchev–Trinajstić information content (AvgIpc) is 2.34. The van der Waals surface area contributed by atoms with Crippen LogP contribution in [-0.4, -0.2) is 18.4 Å². The van der Waals surface area contributed by atoms with E-state index in [2.05, 4.69) is 4.74 Å². The summed E-state index contributed by atoms with van der Waals surface area (Å²) in [7, 11) is 0. The third-order valence-corrected chi connectivity index (χ3v) is 2.73. The maximum atomic E-state index is 13.7. The second-order valence-corrected chi connectivity index (χ2v) is 4.04. The monoisotopic (exact) mass is 294 g/mol. The molecule has 0 amide bonds. The minimum Gasteiger partial charge on any atom is -0.466 e. The van der Waals surface area contributed by atoms with E-state index >= 15 is 0 Å². The minimum atomic E-state index is -1.52. The highest BCUT2D eigenvalue weighted by molar-refractivity contribution is 6.34. The molecular weight excluding hydrogens is 285 g/mol. The van der Waals surface area contributed by atoms with Gasteiger partial charge in [0.1, 0.15) is 12.2 Å². The molecule has 1 rings (SSSR count). The van der Waals surface area contributed by atoms with Crippen molar-refractivity contribution in [1.29, 1.82) is 0 Å². The molecule has 0 unspecified atom stereocenters. The number of ketones is 1. The van der Waals surface area contributed by atoms with Gasteiger partial charge >= 0.3 is 5.97 Å². The summed E-state index contributed by atoms with van der Waals surface area (Å²) in [6.07, 6.45) is -0.797. The molecule has 0 saturated heterocycles. The van der Waals surface area contributed by atoms with Crippen LogP contribution in [0.2, 0.25) is 5.02 Å². The van der Waals surface area contributed by atoms with Crippen molar-refractivity contribution >= 4 is 23.4 Å². The molecule has 0 fully saturated rings. The molecule has 0 saturated carbocycles. The zero-order chi connectivity index (χ0) is 14.7. The standard InChI is InChI=1S/C12H10ClF3O3/c1-3-19-7(18)4-6(17)8-9(13)12(16)11(15)5(2)10(8)14/h3-4H2,1-2H3. The van der Waals surface area contributed by atoms with E-state index in [1.807, 2.05) is 0 Å². The molecule has 1 aromatic rings. The Labute approximate surface area is 112 Å². The molecule has 3 nitrogen and oxygen atoms in total. The third-order valence-electron chi connectivity index (χ3n) is 2.37. The Hall–Kier alpha value is -1.56. The van der Waals surface area contributed by atoms with E-state index in [0.717, 1.165) is 6.92 Å². The number of hydrogen-bond donors (Lipinski definition) is 0. The van der Waals surface area contributed by atoms with E-state index in [0.29, 0.717) is 0 Å². The van der Waals surface area contributed by atoms with Crippen LogP contribution in [0.3, 0.4) is 0 Å². The molecule has 0 aliphatic heterocycles. The van der Waals surface area contributed by atoms with Crippen LogP contribution in [0.5, 0.6) is 0 Å². The van der Waals surface area contributed by atoms with Gasteiger partial charge < -0.3 is 4.74 Å². The second kappa shape index (κ2) is 6.06. The largest absolute Gasteiger partial charge is 0.466 e. The number of ether oxygens (including phenoxy) is 1. The predicted molar refractivity (Wildman–Crippen MR) is 61.6 cm³/mol. The van der Waals surface area contributed by atoms with Crippen LogP contribution < -0.4 is 0 Å². The molecule has 0 N–H and O–H groups in total. The maximum absolute atomic E-state index is 13.7. The fraction of sp³-hybridized carbons (Fsp3) is 0.333. The van der Waals surface area contributed by atoms with Crippen molar-refractivity contribution in [2.24, 2.45) is 0 Å². The molecule has 0 atom stereocenters. The van der Waals surface area contributed by atoms with Crippen molar-refractivity contribution in [3.05, 3.63) is 33.6 Å². The van der Waals surface area contributed by atoms with Crippen molar-refractivity contribution < 1.29 is 27.5 Å². The lowest BCUT2D eigenvalue weighted by Gasteiger charge is -2.09. The predicted octanol–water partition coefficient (Wildman–Crippen LogP) is 3.20. The average molecular weight is 295 g/mol. The van der Waals surface area contributed by atoms with Crippen molar-refractivity contribution in [3.63, 3.8) is 0 Å². The van der Waals surface area contributed by atoms with Crippen molar-refractivity contribution in [2.45, 2.75) is 20.3 Å². The maximum Gasteiger partial charge on any atom is 0.313 e. The molecule has 0 aromatic heterocycles. The Bertz CT molecular complexity index is 515. The van der Waals surface area contributed by atoms with Gasteiger partial charge in [-0.2, -0.15) is 0 Å². The summed E-state index contributed by atoms with van der Waals surface area (Å²) < 4.78 is 44.7. The Balaban J connectivity index is 3.21. The van der Waals surface area contributed by atoms with Gasteiger partial charge in [0.2, 0.25) is 0 Å². The van der Waals surface area contributed by atoms with E-state index in [4.69, 9.17) is 11.6 Å². The highest BCUT2D eigenvalue weighted by Gasteiger charge is 2.27. The van der Waals surface area contributed by atoms with E-state index in [-0.39, 0.29) is 6.61 Å². The molecule has 0 bridgehead atoms. The van der Waals surface area contributed by atoms with Crippen molar-refractivity contribution in [3.8, 4) is 0 Å². The molecule has 0 spiro atoms. The Morgan fingerprint density at radius 3 is 2.26 bits per heavy atom. The van der Waals surface area contributed by atoms with Gasteiger partial charge in [0.15, 0.2) is 17.4 Å². The summed E-state index contributed by atoms with van der Waals surface area (Å²) in [6.45, 7) is 2.53. The summed E-state index contributed by atoms with van der Waals surface area (Å²) >= 11 is 5.40. The molecule has 0 radical (unpaired) electrons. The van der Waals surface area contributed by atoms with Gasteiger partial charge in [0, 0.05) is 5.56 Å². The van der Waals surface area contributed by atoms with Gasteiger partial charge in [-0.05, 0) is 13.8 Å². The summed E-state index contributed by atoms with van der Waals surface area (Å²) in [6, 6.07) is 0. The van der Waals surface area contributed by atoms with E-state index in [1.54, 1.807) is 0 Å². The zero-order valence-electron chi connectivity index (χ0n) is 10.2. The highest BCUT2D eigenvalue weighted by atomic mass is 35.5. The number of carbonyl (C=O) groups is 2. The van der Waals surface area contributed by atoms with Crippen LogP contribution >= 0.6 is 11.6 Å². The summed E-state index contributed by atoms with van der Waals surface area (Å²) in [5, 5.41) is -0.977. The quantitative estimate of drug-likeness (QED) is 0.282. The first-order valence-corrected chi connectivity index (χ1v) is 5.70. The number of hydrogen-bond acceptors (Lipinski definition) is 3. The number of esters is 1. The first-order valence-electron chi connectivity index (χ1n) is 5.32. The fourth-order valence-electron chi connectivity index (χ4n) is 1.43. The number of benzene rings is 1. The molecule has 0 aliphatic carbocycles. The molecular formula is C12H10ClF3O3. The smallest absolute Gasteiger partial charge is 0.313 e. The number of halogens is 4. The summed E-state index contributed by atoms with van der Waals surface area (Å²) in [5.41, 5.74) is -1.51. The van der Waals surface area contributed by atoms with Gasteiger partial charge in [0.05, 0.1) is 17.2 Å². The topological polar surface area (TPSA) is 43.4 Å². The van der Waals surface area contributed by atoms with Crippen molar-refractivity contribution in [1.82, 2.24) is 0 Å². The molecule has 0 aliphatic rings.